The molecule has 0 aromatic heterocycles. The van der Waals surface area contributed by atoms with Crippen molar-refractivity contribution in [3.8, 4) is 0 Å². The second-order valence-corrected chi connectivity index (χ2v) is 9.57. The van der Waals surface area contributed by atoms with Gasteiger partial charge in [-0.05, 0) is 55.6 Å². The molecule has 0 N–H and O–H groups in total. The summed E-state index contributed by atoms with van der Waals surface area (Å²) < 4.78 is 5.38. The molecule has 5 nitrogen and oxygen atoms in total. The fourth-order valence-electron chi connectivity index (χ4n) is 6.66. The number of allylic oxidation sites excluding steroid dienone is 4. The second-order valence-electron chi connectivity index (χ2n) is 9.57. The van der Waals surface area contributed by atoms with Crippen molar-refractivity contribution in [2.75, 3.05) is 0 Å². The maximum atomic E-state index is 13.4. The predicted molar refractivity (Wildman–Crippen MR) is 102 cm³/mol. The van der Waals surface area contributed by atoms with Gasteiger partial charge in [-0.3, -0.25) is 19.2 Å². The number of esters is 1. The zero-order valence-corrected chi connectivity index (χ0v) is 17.0. The molecule has 0 unspecified atom stereocenters. The zero-order chi connectivity index (χ0) is 20.4. The summed E-state index contributed by atoms with van der Waals surface area (Å²) in [4.78, 5) is 50.0. The second kappa shape index (κ2) is 6.23. The molecule has 2 saturated carbocycles. The van der Waals surface area contributed by atoms with Crippen LogP contribution >= 0.6 is 0 Å². The van der Waals surface area contributed by atoms with Crippen molar-refractivity contribution >= 4 is 23.3 Å². The van der Waals surface area contributed by atoms with E-state index in [4.69, 9.17) is 4.74 Å². The fourth-order valence-corrected chi connectivity index (χ4v) is 6.66. The maximum Gasteiger partial charge on any atom is 0.302 e. The van der Waals surface area contributed by atoms with E-state index < -0.39 is 10.8 Å². The molecule has 4 aliphatic rings. The number of Topliss-reactive ketones (excluding diaryl/α,β-unsaturated/α-hetero) is 2. The largest absolute Gasteiger partial charge is 0.463 e. The van der Waals surface area contributed by atoms with Crippen LogP contribution in [0.15, 0.2) is 23.3 Å². The topological polar surface area (TPSA) is 77.5 Å². The number of rotatable bonds is 2. The highest BCUT2D eigenvalue weighted by atomic mass is 16.5. The molecule has 150 valence electrons. The third kappa shape index (κ3) is 2.58. The molecule has 0 heterocycles. The lowest BCUT2D eigenvalue weighted by molar-refractivity contribution is -0.157. The van der Waals surface area contributed by atoms with Crippen molar-refractivity contribution < 1.29 is 23.9 Å². The van der Waals surface area contributed by atoms with Crippen molar-refractivity contribution in [2.45, 2.75) is 65.9 Å². The molecule has 5 heteroatoms. The highest BCUT2D eigenvalue weighted by Crippen LogP contribution is 2.63. The van der Waals surface area contributed by atoms with E-state index in [1.54, 1.807) is 13.0 Å². The van der Waals surface area contributed by atoms with Crippen LogP contribution in [0.25, 0.3) is 0 Å². The SMILES string of the molecule is CC(=O)O[C@@H]1CC[C@@]2(C)[C@@H]3C(=O)C[C@]4(C)C(C(C)=O)=CC[C@H]4C3=CC(=O)[C@H]2C1. The van der Waals surface area contributed by atoms with Crippen LogP contribution in [0.5, 0.6) is 0 Å². The van der Waals surface area contributed by atoms with E-state index in [-0.39, 0.29) is 47.2 Å². The molecule has 0 spiro atoms. The van der Waals surface area contributed by atoms with Crippen molar-refractivity contribution in [3.05, 3.63) is 23.3 Å². The first-order valence-electron chi connectivity index (χ1n) is 10.2. The van der Waals surface area contributed by atoms with Gasteiger partial charge >= 0.3 is 5.97 Å². The molecule has 0 saturated heterocycles. The van der Waals surface area contributed by atoms with Gasteiger partial charge in [0.25, 0.3) is 0 Å². The number of carbonyl (C=O) groups is 4. The summed E-state index contributed by atoms with van der Waals surface area (Å²) in [5, 5.41) is 0. The van der Waals surface area contributed by atoms with E-state index in [2.05, 4.69) is 6.92 Å². The van der Waals surface area contributed by atoms with Crippen molar-refractivity contribution in [1.82, 2.24) is 0 Å². The third-order valence-electron chi connectivity index (χ3n) is 7.86. The Morgan fingerprint density at radius 2 is 1.86 bits per heavy atom. The monoisotopic (exact) mass is 384 g/mol. The minimum atomic E-state index is -0.496. The van der Waals surface area contributed by atoms with E-state index in [0.29, 0.717) is 32.1 Å². The average Bonchev–Trinajstić information content (AvgIpc) is 2.92. The van der Waals surface area contributed by atoms with Gasteiger partial charge in [-0.15, -0.1) is 0 Å². The van der Waals surface area contributed by atoms with Gasteiger partial charge in [-0.2, -0.15) is 0 Å². The number of hydrogen-bond donors (Lipinski definition) is 0. The zero-order valence-electron chi connectivity index (χ0n) is 17.0. The summed E-state index contributed by atoms with van der Waals surface area (Å²) in [6, 6.07) is 0. The van der Waals surface area contributed by atoms with E-state index in [9.17, 15) is 19.2 Å². The van der Waals surface area contributed by atoms with E-state index >= 15 is 0 Å². The van der Waals surface area contributed by atoms with Gasteiger partial charge in [-0.25, -0.2) is 0 Å². The molecule has 6 atom stereocenters. The van der Waals surface area contributed by atoms with E-state index in [1.165, 1.54) is 6.92 Å². The van der Waals surface area contributed by atoms with E-state index in [1.807, 2.05) is 13.0 Å². The summed E-state index contributed by atoms with van der Waals surface area (Å²) in [5.74, 6) is -0.650. The first-order chi connectivity index (χ1) is 13.1. The lowest BCUT2D eigenvalue weighted by Gasteiger charge is -2.55. The summed E-state index contributed by atoms with van der Waals surface area (Å²) >= 11 is 0. The Morgan fingerprint density at radius 1 is 1.14 bits per heavy atom. The van der Waals surface area contributed by atoms with Gasteiger partial charge in [-0.1, -0.05) is 25.5 Å². The highest BCUT2D eigenvalue weighted by molar-refractivity contribution is 6.02. The number of carbonyl (C=O) groups excluding carboxylic acids is 4. The summed E-state index contributed by atoms with van der Waals surface area (Å²) in [6.07, 6.45) is 6.34. The molecular weight excluding hydrogens is 356 g/mol. The van der Waals surface area contributed by atoms with Gasteiger partial charge < -0.3 is 4.74 Å². The third-order valence-corrected chi connectivity index (χ3v) is 7.86. The van der Waals surface area contributed by atoms with E-state index in [0.717, 1.165) is 11.1 Å². The molecule has 0 bridgehead atoms. The summed E-state index contributed by atoms with van der Waals surface area (Å²) in [6.45, 7) is 7.01. The minimum Gasteiger partial charge on any atom is -0.463 e. The molecule has 2 fully saturated rings. The average molecular weight is 384 g/mol. The lowest BCUT2D eigenvalue weighted by atomic mass is 9.47. The first-order valence-corrected chi connectivity index (χ1v) is 10.2. The predicted octanol–water partition coefficient (Wildman–Crippen LogP) is 3.36. The van der Waals surface area contributed by atoms with Crippen LogP contribution in [-0.2, 0) is 23.9 Å². The highest BCUT2D eigenvalue weighted by Gasteiger charge is 2.61. The van der Waals surface area contributed by atoms with Gasteiger partial charge in [0.05, 0.1) is 0 Å². The van der Waals surface area contributed by atoms with Crippen molar-refractivity contribution in [2.24, 2.45) is 28.6 Å². The van der Waals surface area contributed by atoms with Crippen LogP contribution in [0.1, 0.15) is 59.8 Å². The quantitative estimate of drug-likeness (QED) is 0.682. The maximum absolute atomic E-state index is 13.4. The van der Waals surface area contributed by atoms with Crippen molar-refractivity contribution in [3.63, 3.8) is 0 Å². The lowest BCUT2D eigenvalue weighted by Crippen LogP contribution is -2.56. The Bertz CT molecular complexity index is 849. The van der Waals surface area contributed by atoms with Gasteiger partial charge in [0.1, 0.15) is 11.9 Å². The molecule has 0 aromatic rings. The summed E-state index contributed by atoms with van der Waals surface area (Å²) in [7, 11) is 0. The Balaban J connectivity index is 1.72. The molecule has 4 rings (SSSR count). The number of hydrogen-bond acceptors (Lipinski definition) is 5. The summed E-state index contributed by atoms with van der Waals surface area (Å²) in [5.41, 5.74) is 0.739. The molecule has 0 aromatic carbocycles. The van der Waals surface area contributed by atoms with Crippen LogP contribution in [0, 0.1) is 28.6 Å². The van der Waals surface area contributed by atoms with Gasteiger partial charge in [0.15, 0.2) is 11.6 Å². The molecule has 28 heavy (non-hydrogen) atoms. The Labute approximate surface area is 165 Å². The Morgan fingerprint density at radius 3 is 2.50 bits per heavy atom. The molecule has 0 amide bonds. The smallest absolute Gasteiger partial charge is 0.302 e. The Kier molecular flexibility index (Phi) is 4.29. The van der Waals surface area contributed by atoms with Crippen LogP contribution in [0.3, 0.4) is 0 Å². The molecule has 0 aliphatic heterocycles. The van der Waals surface area contributed by atoms with Gasteiger partial charge in [0.2, 0.25) is 0 Å². The number of ether oxygens (including phenoxy) is 1. The first kappa shape index (κ1) is 19.3. The standard InChI is InChI=1S/C23H28O5/c1-12(24)16-5-6-17-15-10-19(26)18-9-14(28-13(2)25)7-8-22(18,3)21(15)20(27)11-23(16,17)4/h5,10,14,17-18,21H,6-9,11H2,1-4H3/t14-,17+,18-,21+,22-,23-/m1/s1. The van der Waals surface area contributed by atoms with Crippen LogP contribution in [0.4, 0.5) is 0 Å². The fraction of sp³-hybridized carbons (Fsp3) is 0.652. The molecular formula is C23H28O5. The number of ketones is 3. The molecule has 0 radical (unpaired) electrons. The van der Waals surface area contributed by atoms with Gasteiger partial charge in [0, 0.05) is 30.6 Å². The van der Waals surface area contributed by atoms with Crippen LogP contribution in [0.2, 0.25) is 0 Å². The van der Waals surface area contributed by atoms with Crippen LogP contribution in [-0.4, -0.2) is 29.4 Å². The van der Waals surface area contributed by atoms with Crippen LogP contribution < -0.4 is 0 Å². The Hall–Kier alpha value is -2.04. The molecule has 4 aliphatic carbocycles. The number of fused-ring (bicyclic) bond motifs is 5. The van der Waals surface area contributed by atoms with Crippen molar-refractivity contribution in [1.29, 1.82) is 0 Å². The normalized spacial score (nSPS) is 42.0. The minimum absolute atomic E-state index is 0.0185.